The molecule has 0 aromatic carbocycles. The van der Waals surface area contributed by atoms with Crippen LogP contribution in [0.2, 0.25) is 0 Å². The van der Waals surface area contributed by atoms with E-state index in [0.29, 0.717) is 17.8 Å². The van der Waals surface area contributed by atoms with Crippen molar-refractivity contribution in [3.8, 4) is 0 Å². The first-order valence-electron chi connectivity index (χ1n) is 8.92. The maximum absolute atomic E-state index is 6.36. The predicted molar refractivity (Wildman–Crippen MR) is 80.1 cm³/mol. The summed E-state index contributed by atoms with van der Waals surface area (Å²) in [6.07, 6.45) is 10.0. The zero-order valence-electron chi connectivity index (χ0n) is 13.4. The van der Waals surface area contributed by atoms with Crippen molar-refractivity contribution in [3.05, 3.63) is 12.2 Å². The molecular formula is C18H26O4. The zero-order chi connectivity index (χ0) is 14.8. The first kappa shape index (κ1) is 14.0. The first-order chi connectivity index (χ1) is 10.7. The van der Waals surface area contributed by atoms with Gasteiger partial charge < -0.3 is 18.9 Å². The van der Waals surface area contributed by atoms with E-state index < -0.39 is 5.79 Å². The maximum Gasteiger partial charge on any atom is 0.175 e. The molecule has 0 aromatic heterocycles. The summed E-state index contributed by atoms with van der Waals surface area (Å²) < 4.78 is 25.2. The number of allylic oxidation sites excluding steroid dienone is 2. The molecule has 122 valence electrons. The minimum absolute atomic E-state index is 0.0368. The highest BCUT2D eigenvalue weighted by Gasteiger charge is 2.74. The number of fused-ring (bicyclic) bond motifs is 1. The van der Waals surface area contributed by atoms with Gasteiger partial charge in [0, 0.05) is 24.2 Å². The quantitative estimate of drug-likeness (QED) is 0.645. The van der Waals surface area contributed by atoms with Crippen molar-refractivity contribution in [2.75, 3.05) is 26.4 Å². The maximum atomic E-state index is 6.36. The Labute approximate surface area is 132 Å². The van der Waals surface area contributed by atoms with E-state index in [1.54, 1.807) is 0 Å². The molecule has 2 heterocycles. The summed E-state index contributed by atoms with van der Waals surface area (Å²) in [4.78, 5) is 0. The predicted octanol–water partition coefficient (Wildman–Crippen LogP) is 2.88. The third kappa shape index (κ3) is 1.52. The molecule has 4 atom stereocenters. The van der Waals surface area contributed by atoms with E-state index in [9.17, 15) is 0 Å². The Morgan fingerprint density at radius 1 is 0.909 bits per heavy atom. The minimum atomic E-state index is -0.413. The van der Waals surface area contributed by atoms with Gasteiger partial charge >= 0.3 is 0 Å². The van der Waals surface area contributed by atoms with Crippen LogP contribution in [0.5, 0.6) is 0 Å². The van der Waals surface area contributed by atoms with E-state index in [1.165, 1.54) is 6.42 Å². The van der Waals surface area contributed by atoms with E-state index in [-0.39, 0.29) is 11.2 Å². The molecule has 0 radical (unpaired) electrons. The van der Waals surface area contributed by atoms with Crippen LogP contribution in [-0.2, 0) is 18.9 Å². The highest BCUT2D eigenvalue weighted by atomic mass is 16.8. The van der Waals surface area contributed by atoms with Crippen molar-refractivity contribution in [2.24, 2.45) is 23.2 Å². The highest BCUT2D eigenvalue weighted by molar-refractivity contribution is 5.21. The average Bonchev–Trinajstić information content (AvgIpc) is 3.21. The number of hydrogen-bond donors (Lipinski definition) is 0. The Morgan fingerprint density at radius 2 is 1.64 bits per heavy atom. The van der Waals surface area contributed by atoms with Crippen LogP contribution >= 0.6 is 0 Å². The molecule has 5 rings (SSSR count). The third-order valence-electron chi connectivity index (χ3n) is 6.95. The molecule has 0 aromatic rings. The van der Waals surface area contributed by atoms with Crippen molar-refractivity contribution in [1.29, 1.82) is 0 Å². The molecule has 4 heteroatoms. The van der Waals surface area contributed by atoms with Crippen LogP contribution in [0.15, 0.2) is 12.2 Å². The van der Waals surface area contributed by atoms with Crippen LogP contribution in [0, 0.1) is 23.2 Å². The smallest absolute Gasteiger partial charge is 0.175 e. The average molecular weight is 306 g/mol. The van der Waals surface area contributed by atoms with Crippen molar-refractivity contribution < 1.29 is 18.9 Å². The molecule has 2 aliphatic heterocycles. The number of ether oxygens (including phenoxy) is 4. The Kier molecular flexibility index (Phi) is 2.90. The standard InChI is InChI=1S/C18H26O4/c1-13-10-14-12-17(19-6-7-20-17)15-4-2-3-5-16(14,15)18(11-13)21-8-9-22-18/h2-3,13-15H,4-12H2,1H3/t13-,14+,15-,16+/m1/s1. The van der Waals surface area contributed by atoms with Crippen LogP contribution in [0.3, 0.4) is 0 Å². The molecule has 3 aliphatic carbocycles. The molecule has 4 fully saturated rings. The molecule has 5 aliphatic rings. The second-order valence-electron chi connectivity index (χ2n) is 7.91. The Bertz CT molecular complexity index is 489. The summed E-state index contributed by atoms with van der Waals surface area (Å²) in [5, 5.41) is 0. The summed E-state index contributed by atoms with van der Waals surface area (Å²) in [7, 11) is 0. The highest BCUT2D eigenvalue weighted by Crippen LogP contribution is 2.71. The van der Waals surface area contributed by atoms with Gasteiger partial charge in [0.05, 0.1) is 26.4 Å². The van der Waals surface area contributed by atoms with Crippen LogP contribution in [0.25, 0.3) is 0 Å². The molecular weight excluding hydrogens is 280 g/mol. The van der Waals surface area contributed by atoms with Crippen molar-refractivity contribution in [2.45, 2.75) is 50.6 Å². The summed E-state index contributed by atoms with van der Waals surface area (Å²) in [5.74, 6) is 0.771. The fourth-order valence-electron chi connectivity index (χ4n) is 6.43. The van der Waals surface area contributed by atoms with Gasteiger partial charge in [0.25, 0.3) is 0 Å². The summed E-state index contributed by atoms with van der Waals surface area (Å²) >= 11 is 0. The largest absolute Gasteiger partial charge is 0.347 e. The van der Waals surface area contributed by atoms with E-state index in [0.717, 1.165) is 52.1 Å². The van der Waals surface area contributed by atoms with Gasteiger partial charge in [0.15, 0.2) is 11.6 Å². The monoisotopic (exact) mass is 306 g/mol. The molecule has 0 bridgehead atoms. The van der Waals surface area contributed by atoms with Gasteiger partial charge in [-0.2, -0.15) is 0 Å². The molecule has 2 saturated heterocycles. The Balaban J connectivity index is 1.66. The van der Waals surface area contributed by atoms with Gasteiger partial charge in [-0.25, -0.2) is 0 Å². The topological polar surface area (TPSA) is 36.9 Å². The molecule has 0 N–H and O–H groups in total. The summed E-state index contributed by atoms with van der Waals surface area (Å²) in [5.41, 5.74) is 0.0368. The number of hydrogen-bond acceptors (Lipinski definition) is 4. The normalized spacial score (nSPS) is 48.0. The number of rotatable bonds is 0. The SMILES string of the molecule is C[C@@H]1C[C@H]2CC3(OCCO3)[C@@H]3CC=CC[C@]23C2(C1)OCCO2. The lowest BCUT2D eigenvalue weighted by Gasteiger charge is -2.56. The fraction of sp³-hybridized carbons (Fsp3) is 0.889. The van der Waals surface area contributed by atoms with Gasteiger partial charge in [-0.1, -0.05) is 19.1 Å². The minimum Gasteiger partial charge on any atom is -0.347 e. The Morgan fingerprint density at radius 3 is 2.41 bits per heavy atom. The van der Waals surface area contributed by atoms with Crippen LogP contribution in [-0.4, -0.2) is 38.0 Å². The van der Waals surface area contributed by atoms with Crippen LogP contribution < -0.4 is 0 Å². The van der Waals surface area contributed by atoms with Gasteiger partial charge in [-0.15, -0.1) is 0 Å². The van der Waals surface area contributed by atoms with Crippen molar-refractivity contribution in [1.82, 2.24) is 0 Å². The van der Waals surface area contributed by atoms with E-state index in [2.05, 4.69) is 19.1 Å². The van der Waals surface area contributed by atoms with Gasteiger partial charge in [0.1, 0.15) is 0 Å². The van der Waals surface area contributed by atoms with E-state index in [4.69, 9.17) is 18.9 Å². The summed E-state index contributed by atoms with van der Waals surface area (Å²) in [6.45, 7) is 5.26. The molecule has 4 nitrogen and oxygen atoms in total. The molecule has 2 saturated carbocycles. The molecule has 22 heavy (non-hydrogen) atoms. The van der Waals surface area contributed by atoms with Crippen molar-refractivity contribution >= 4 is 0 Å². The second kappa shape index (κ2) is 4.56. The zero-order valence-corrected chi connectivity index (χ0v) is 13.4. The molecule has 0 amide bonds. The second-order valence-corrected chi connectivity index (χ2v) is 7.91. The molecule has 3 spiro atoms. The third-order valence-corrected chi connectivity index (χ3v) is 6.95. The van der Waals surface area contributed by atoms with Crippen LogP contribution in [0.4, 0.5) is 0 Å². The lowest BCUT2D eigenvalue weighted by molar-refractivity contribution is -0.302. The van der Waals surface area contributed by atoms with E-state index >= 15 is 0 Å². The lowest BCUT2D eigenvalue weighted by atomic mass is 9.54. The van der Waals surface area contributed by atoms with E-state index in [1.807, 2.05) is 0 Å². The summed E-state index contributed by atoms with van der Waals surface area (Å²) in [6, 6.07) is 0. The van der Waals surface area contributed by atoms with Crippen molar-refractivity contribution in [3.63, 3.8) is 0 Å². The van der Waals surface area contributed by atoms with Gasteiger partial charge in [0.2, 0.25) is 0 Å². The first-order valence-corrected chi connectivity index (χ1v) is 8.92. The lowest BCUT2D eigenvalue weighted by Crippen LogP contribution is -2.60. The fourth-order valence-corrected chi connectivity index (χ4v) is 6.43. The van der Waals surface area contributed by atoms with Gasteiger partial charge in [-0.05, 0) is 31.1 Å². The van der Waals surface area contributed by atoms with Gasteiger partial charge in [-0.3, -0.25) is 0 Å². The van der Waals surface area contributed by atoms with Crippen LogP contribution in [0.1, 0.15) is 39.0 Å². The Hall–Kier alpha value is -0.420. The molecule has 0 unspecified atom stereocenters.